The van der Waals surface area contributed by atoms with E-state index in [1.165, 1.54) is 30.2 Å². The van der Waals surface area contributed by atoms with Crippen LogP contribution in [0.4, 0.5) is 0 Å². The molecule has 0 radical (unpaired) electrons. The zero-order valence-electron chi connectivity index (χ0n) is 13.4. The second-order valence-corrected chi connectivity index (χ2v) is 6.40. The number of ether oxygens (including phenoxy) is 1. The van der Waals surface area contributed by atoms with Crippen LogP contribution in [0.2, 0.25) is 0 Å². The third-order valence-corrected chi connectivity index (χ3v) is 4.49. The van der Waals surface area contributed by atoms with Gasteiger partial charge < -0.3 is 14.6 Å². The number of fused-ring (bicyclic) bond motifs is 1. The normalized spacial score (nSPS) is 20.0. The maximum atomic E-state index is 5.41. The van der Waals surface area contributed by atoms with Gasteiger partial charge >= 0.3 is 0 Å². The first-order chi connectivity index (χ1) is 10.3. The predicted molar refractivity (Wildman–Crippen MR) is 83.6 cm³/mol. The molecule has 0 aliphatic carbocycles. The molecule has 0 aromatic carbocycles. The number of morpholine rings is 1. The average Bonchev–Trinajstić information content (AvgIpc) is 2.88. The Labute approximate surface area is 127 Å². The van der Waals surface area contributed by atoms with Crippen LogP contribution in [0.3, 0.4) is 0 Å². The van der Waals surface area contributed by atoms with Crippen molar-refractivity contribution in [3.8, 4) is 0 Å². The number of rotatable bonds is 5. The van der Waals surface area contributed by atoms with Crippen LogP contribution in [-0.4, -0.2) is 53.8 Å². The average molecular weight is 292 g/mol. The fourth-order valence-corrected chi connectivity index (χ4v) is 3.36. The van der Waals surface area contributed by atoms with Gasteiger partial charge in [-0.1, -0.05) is 13.8 Å². The quantitative estimate of drug-likeness (QED) is 0.890. The van der Waals surface area contributed by atoms with E-state index in [0.29, 0.717) is 5.92 Å². The van der Waals surface area contributed by atoms with E-state index in [1.54, 1.807) is 0 Å². The Morgan fingerprint density at radius 2 is 2.05 bits per heavy atom. The van der Waals surface area contributed by atoms with Crippen LogP contribution in [0, 0.1) is 0 Å². The van der Waals surface area contributed by atoms with Crippen LogP contribution in [0.25, 0.3) is 0 Å². The van der Waals surface area contributed by atoms with E-state index in [4.69, 9.17) is 9.72 Å². The van der Waals surface area contributed by atoms with Gasteiger partial charge in [-0.3, -0.25) is 4.90 Å². The molecule has 1 saturated heterocycles. The van der Waals surface area contributed by atoms with E-state index < -0.39 is 0 Å². The van der Waals surface area contributed by atoms with Gasteiger partial charge in [0, 0.05) is 57.3 Å². The van der Waals surface area contributed by atoms with Crippen LogP contribution in [0.5, 0.6) is 0 Å². The highest BCUT2D eigenvalue weighted by Crippen LogP contribution is 2.22. The van der Waals surface area contributed by atoms with Gasteiger partial charge in [-0.2, -0.15) is 0 Å². The van der Waals surface area contributed by atoms with Crippen LogP contribution >= 0.6 is 0 Å². The Kier molecular flexibility index (Phi) is 4.93. The monoisotopic (exact) mass is 292 g/mol. The molecule has 0 spiro atoms. The minimum Gasteiger partial charge on any atom is -0.379 e. The van der Waals surface area contributed by atoms with Crippen molar-refractivity contribution in [1.29, 1.82) is 0 Å². The fourth-order valence-electron chi connectivity index (χ4n) is 3.36. The summed E-state index contributed by atoms with van der Waals surface area (Å²) < 4.78 is 7.91. The molecule has 3 heterocycles. The molecular formula is C16H28N4O. The highest BCUT2D eigenvalue weighted by atomic mass is 16.5. The first kappa shape index (κ1) is 15.0. The van der Waals surface area contributed by atoms with Gasteiger partial charge in [0.05, 0.1) is 18.9 Å². The molecule has 0 unspecified atom stereocenters. The molecule has 0 bridgehead atoms. The smallest absolute Gasteiger partial charge is 0.111 e. The highest BCUT2D eigenvalue weighted by molar-refractivity contribution is 5.21. The molecule has 21 heavy (non-hydrogen) atoms. The molecule has 5 nitrogen and oxygen atoms in total. The van der Waals surface area contributed by atoms with Crippen LogP contribution in [0.1, 0.15) is 43.4 Å². The van der Waals surface area contributed by atoms with E-state index in [1.807, 2.05) is 0 Å². The lowest BCUT2D eigenvalue weighted by Crippen LogP contribution is -2.37. The SMILES string of the molecule is CC(C)c1nc2c(n1CCCN1CCOCC1)CCNC2. The summed E-state index contributed by atoms with van der Waals surface area (Å²) >= 11 is 0. The molecule has 1 aromatic rings. The van der Waals surface area contributed by atoms with Gasteiger partial charge in [-0.25, -0.2) is 4.98 Å². The molecule has 0 atom stereocenters. The first-order valence-electron chi connectivity index (χ1n) is 8.34. The van der Waals surface area contributed by atoms with Gasteiger partial charge in [0.25, 0.3) is 0 Å². The first-order valence-corrected chi connectivity index (χ1v) is 8.34. The molecule has 2 aliphatic heterocycles. The number of hydrogen-bond acceptors (Lipinski definition) is 4. The Morgan fingerprint density at radius 1 is 1.24 bits per heavy atom. The Bertz CT molecular complexity index is 463. The number of nitrogens with one attached hydrogen (secondary N) is 1. The molecule has 1 fully saturated rings. The van der Waals surface area contributed by atoms with Gasteiger partial charge in [0.2, 0.25) is 0 Å². The summed E-state index contributed by atoms with van der Waals surface area (Å²) in [5, 5.41) is 3.43. The van der Waals surface area contributed by atoms with Crippen molar-refractivity contribution >= 4 is 0 Å². The lowest BCUT2D eigenvalue weighted by molar-refractivity contribution is 0.0369. The number of nitrogens with zero attached hydrogens (tertiary/aromatic N) is 3. The molecule has 0 amide bonds. The second kappa shape index (κ2) is 6.90. The van der Waals surface area contributed by atoms with Crippen molar-refractivity contribution in [1.82, 2.24) is 19.8 Å². The third kappa shape index (κ3) is 3.47. The molecule has 3 rings (SSSR count). The molecule has 0 saturated carbocycles. The van der Waals surface area contributed by atoms with E-state index in [2.05, 4.69) is 28.6 Å². The summed E-state index contributed by atoms with van der Waals surface area (Å²) in [6.45, 7) is 12.8. The third-order valence-electron chi connectivity index (χ3n) is 4.49. The van der Waals surface area contributed by atoms with Crippen LogP contribution in [-0.2, 0) is 24.2 Å². The Balaban J connectivity index is 1.64. The maximum Gasteiger partial charge on any atom is 0.111 e. The highest BCUT2D eigenvalue weighted by Gasteiger charge is 2.21. The number of imidazole rings is 1. The topological polar surface area (TPSA) is 42.3 Å². The van der Waals surface area contributed by atoms with Crippen LogP contribution in [0.15, 0.2) is 0 Å². The zero-order valence-corrected chi connectivity index (χ0v) is 13.4. The van der Waals surface area contributed by atoms with Crippen molar-refractivity contribution in [2.45, 2.75) is 45.7 Å². The van der Waals surface area contributed by atoms with Crippen molar-refractivity contribution in [3.63, 3.8) is 0 Å². The van der Waals surface area contributed by atoms with Gasteiger partial charge in [-0.15, -0.1) is 0 Å². The summed E-state index contributed by atoms with van der Waals surface area (Å²) in [4.78, 5) is 7.40. The zero-order chi connectivity index (χ0) is 14.7. The van der Waals surface area contributed by atoms with Gasteiger partial charge in [-0.05, 0) is 6.42 Å². The Morgan fingerprint density at radius 3 is 2.81 bits per heavy atom. The second-order valence-electron chi connectivity index (χ2n) is 6.40. The van der Waals surface area contributed by atoms with Crippen molar-refractivity contribution < 1.29 is 4.74 Å². The standard InChI is InChI=1S/C16H28N4O/c1-13(2)16-18-14-12-17-5-4-15(14)20(16)7-3-6-19-8-10-21-11-9-19/h13,17H,3-12H2,1-2H3. The molecule has 5 heteroatoms. The number of hydrogen-bond donors (Lipinski definition) is 1. The van der Waals surface area contributed by atoms with Gasteiger partial charge in [0.15, 0.2) is 0 Å². The van der Waals surface area contributed by atoms with E-state index >= 15 is 0 Å². The summed E-state index contributed by atoms with van der Waals surface area (Å²) in [5.74, 6) is 1.77. The van der Waals surface area contributed by atoms with Crippen molar-refractivity contribution in [2.75, 3.05) is 39.4 Å². The minimum atomic E-state index is 0.499. The fraction of sp³-hybridized carbons (Fsp3) is 0.812. The van der Waals surface area contributed by atoms with E-state index in [9.17, 15) is 0 Å². The summed E-state index contributed by atoms with van der Waals surface area (Å²) in [6, 6.07) is 0. The molecular weight excluding hydrogens is 264 g/mol. The lowest BCUT2D eigenvalue weighted by Gasteiger charge is -2.27. The molecule has 1 aromatic heterocycles. The van der Waals surface area contributed by atoms with Crippen molar-refractivity contribution in [2.24, 2.45) is 0 Å². The van der Waals surface area contributed by atoms with E-state index in [-0.39, 0.29) is 0 Å². The summed E-state index contributed by atoms with van der Waals surface area (Å²) in [6.07, 6.45) is 2.32. The van der Waals surface area contributed by atoms with E-state index in [0.717, 1.165) is 52.4 Å². The summed E-state index contributed by atoms with van der Waals surface area (Å²) in [5.41, 5.74) is 2.75. The van der Waals surface area contributed by atoms with Crippen LogP contribution < -0.4 is 5.32 Å². The van der Waals surface area contributed by atoms with Gasteiger partial charge in [0.1, 0.15) is 5.82 Å². The minimum absolute atomic E-state index is 0.499. The summed E-state index contributed by atoms with van der Waals surface area (Å²) in [7, 11) is 0. The maximum absolute atomic E-state index is 5.41. The lowest BCUT2D eigenvalue weighted by atomic mass is 10.1. The largest absolute Gasteiger partial charge is 0.379 e. The Hall–Kier alpha value is -0.910. The molecule has 1 N–H and O–H groups in total. The predicted octanol–water partition coefficient (Wildman–Crippen LogP) is 1.37. The molecule has 2 aliphatic rings. The molecule has 118 valence electrons. The number of aromatic nitrogens is 2. The van der Waals surface area contributed by atoms with Crippen molar-refractivity contribution in [3.05, 3.63) is 17.2 Å².